The predicted molar refractivity (Wildman–Crippen MR) is 57.9 cm³/mol. The lowest BCUT2D eigenvalue weighted by atomic mass is 10.1. The molecule has 3 heteroatoms. The van der Waals surface area contributed by atoms with Crippen molar-refractivity contribution in [2.75, 3.05) is 6.61 Å². The van der Waals surface area contributed by atoms with E-state index < -0.39 is 0 Å². The molecule has 0 heterocycles. The summed E-state index contributed by atoms with van der Waals surface area (Å²) in [5.74, 6) is -0.319. The molecule has 0 saturated carbocycles. The Bertz CT molecular complexity index is 435. The molecule has 0 fully saturated rings. The Kier molecular flexibility index (Phi) is 2.46. The monoisotopic (exact) mass is 203 g/mol. The minimum atomic E-state index is -0.319. The van der Waals surface area contributed by atoms with Crippen molar-refractivity contribution in [3.8, 4) is 0 Å². The largest absolute Gasteiger partial charge is 0.462 e. The molecule has 1 aromatic carbocycles. The van der Waals surface area contributed by atoms with Crippen LogP contribution < -0.4 is 5.73 Å². The normalized spacial score (nSPS) is 13.9. The van der Waals surface area contributed by atoms with Gasteiger partial charge in [0, 0.05) is 12.1 Å². The number of esters is 1. The second-order valence-corrected chi connectivity index (χ2v) is 3.45. The molecule has 1 aromatic rings. The van der Waals surface area contributed by atoms with Gasteiger partial charge in [-0.1, -0.05) is 24.3 Å². The van der Waals surface area contributed by atoms with E-state index in [1.165, 1.54) is 0 Å². The van der Waals surface area contributed by atoms with Crippen LogP contribution in [0.15, 0.2) is 30.0 Å². The Morgan fingerprint density at radius 2 is 2.20 bits per heavy atom. The van der Waals surface area contributed by atoms with Crippen LogP contribution in [0.25, 0.3) is 5.57 Å². The first-order valence-electron chi connectivity index (χ1n) is 4.98. The van der Waals surface area contributed by atoms with Gasteiger partial charge in [-0.2, -0.15) is 0 Å². The van der Waals surface area contributed by atoms with Crippen LogP contribution in [0.1, 0.15) is 18.1 Å². The molecule has 78 valence electrons. The summed E-state index contributed by atoms with van der Waals surface area (Å²) in [7, 11) is 0. The SMILES string of the molecule is CCOC(=O)C1=C(N)Cc2ccccc21. The fourth-order valence-corrected chi connectivity index (χ4v) is 1.83. The topological polar surface area (TPSA) is 52.3 Å². The fraction of sp³-hybridized carbons (Fsp3) is 0.250. The summed E-state index contributed by atoms with van der Waals surface area (Å²) in [6, 6.07) is 7.73. The minimum Gasteiger partial charge on any atom is -0.462 e. The van der Waals surface area contributed by atoms with E-state index in [0.29, 0.717) is 24.3 Å². The first-order chi connectivity index (χ1) is 7.24. The van der Waals surface area contributed by atoms with Crippen molar-refractivity contribution in [1.82, 2.24) is 0 Å². The molecule has 1 aliphatic carbocycles. The number of fused-ring (bicyclic) bond motifs is 1. The van der Waals surface area contributed by atoms with Crippen molar-refractivity contribution in [2.45, 2.75) is 13.3 Å². The van der Waals surface area contributed by atoms with Gasteiger partial charge in [-0.25, -0.2) is 4.79 Å². The number of hydrogen-bond donors (Lipinski definition) is 1. The van der Waals surface area contributed by atoms with Crippen LogP contribution in [-0.2, 0) is 16.0 Å². The molecule has 0 radical (unpaired) electrons. The average Bonchev–Trinajstić information content (AvgIpc) is 2.54. The Morgan fingerprint density at radius 1 is 1.47 bits per heavy atom. The van der Waals surface area contributed by atoms with Gasteiger partial charge in [0.15, 0.2) is 0 Å². The number of carbonyl (C=O) groups is 1. The van der Waals surface area contributed by atoms with E-state index in [-0.39, 0.29) is 5.97 Å². The first-order valence-corrected chi connectivity index (χ1v) is 4.98. The molecular weight excluding hydrogens is 190 g/mol. The van der Waals surface area contributed by atoms with E-state index in [1.807, 2.05) is 24.3 Å². The molecule has 3 nitrogen and oxygen atoms in total. The molecule has 2 rings (SSSR count). The first kappa shape index (κ1) is 9.77. The molecular formula is C12H13NO2. The van der Waals surface area contributed by atoms with E-state index in [0.717, 1.165) is 11.1 Å². The van der Waals surface area contributed by atoms with Gasteiger partial charge in [0.2, 0.25) is 0 Å². The van der Waals surface area contributed by atoms with Crippen molar-refractivity contribution in [3.05, 3.63) is 41.1 Å². The number of carbonyl (C=O) groups excluding carboxylic acids is 1. The van der Waals surface area contributed by atoms with E-state index >= 15 is 0 Å². The van der Waals surface area contributed by atoms with E-state index in [4.69, 9.17) is 10.5 Å². The Labute approximate surface area is 88.5 Å². The maximum Gasteiger partial charge on any atom is 0.340 e. The smallest absolute Gasteiger partial charge is 0.340 e. The van der Waals surface area contributed by atoms with Crippen LogP contribution >= 0.6 is 0 Å². The average molecular weight is 203 g/mol. The summed E-state index contributed by atoms with van der Waals surface area (Å²) in [6.45, 7) is 2.16. The fourth-order valence-electron chi connectivity index (χ4n) is 1.83. The highest BCUT2D eigenvalue weighted by Gasteiger charge is 2.25. The van der Waals surface area contributed by atoms with Gasteiger partial charge in [-0.3, -0.25) is 0 Å². The van der Waals surface area contributed by atoms with Crippen molar-refractivity contribution in [3.63, 3.8) is 0 Å². The lowest BCUT2D eigenvalue weighted by molar-refractivity contribution is -0.136. The molecule has 0 aromatic heterocycles. The van der Waals surface area contributed by atoms with Gasteiger partial charge in [0.25, 0.3) is 0 Å². The van der Waals surface area contributed by atoms with Crippen molar-refractivity contribution < 1.29 is 9.53 Å². The third-order valence-corrected chi connectivity index (χ3v) is 2.47. The molecule has 0 atom stereocenters. The van der Waals surface area contributed by atoms with Gasteiger partial charge in [0.05, 0.1) is 12.2 Å². The third kappa shape index (κ3) is 1.61. The number of benzene rings is 1. The molecule has 15 heavy (non-hydrogen) atoms. The van der Waals surface area contributed by atoms with E-state index in [9.17, 15) is 4.79 Å². The van der Waals surface area contributed by atoms with Crippen LogP contribution in [-0.4, -0.2) is 12.6 Å². The molecule has 1 aliphatic rings. The number of rotatable bonds is 2. The second kappa shape index (κ2) is 3.77. The number of hydrogen-bond acceptors (Lipinski definition) is 3. The second-order valence-electron chi connectivity index (χ2n) is 3.45. The van der Waals surface area contributed by atoms with Crippen molar-refractivity contribution in [2.24, 2.45) is 5.73 Å². The van der Waals surface area contributed by atoms with Crippen LogP contribution in [0.3, 0.4) is 0 Å². The molecule has 0 spiro atoms. The summed E-state index contributed by atoms with van der Waals surface area (Å²) >= 11 is 0. The van der Waals surface area contributed by atoms with Crippen molar-refractivity contribution >= 4 is 11.5 Å². The minimum absolute atomic E-state index is 0.319. The summed E-state index contributed by atoms with van der Waals surface area (Å²) in [5, 5.41) is 0. The van der Waals surface area contributed by atoms with E-state index in [1.54, 1.807) is 6.92 Å². The Morgan fingerprint density at radius 3 is 2.93 bits per heavy atom. The van der Waals surface area contributed by atoms with Crippen LogP contribution in [0.2, 0.25) is 0 Å². The number of ether oxygens (including phenoxy) is 1. The maximum absolute atomic E-state index is 11.7. The molecule has 0 unspecified atom stereocenters. The number of nitrogens with two attached hydrogens (primary N) is 1. The van der Waals surface area contributed by atoms with Crippen molar-refractivity contribution in [1.29, 1.82) is 0 Å². The summed E-state index contributed by atoms with van der Waals surface area (Å²) in [5.41, 5.74) is 8.99. The highest BCUT2D eigenvalue weighted by molar-refractivity contribution is 6.19. The highest BCUT2D eigenvalue weighted by Crippen LogP contribution is 2.30. The highest BCUT2D eigenvalue weighted by atomic mass is 16.5. The van der Waals surface area contributed by atoms with Crippen LogP contribution in [0, 0.1) is 0 Å². The summed E-state index contributed by atoms with van der Waals surface area (Å²) in [4.78, 5) is 11.7. The quantitative estimate of drug-likeness (QED) is 0.740. The van der Waals surface area contributed by atoms with Gasteiger partial charge in [-0.05, 0) is 18.1 Å². The van der Waals surface area contributed by atoms with Gasteiger partial charge >= 0.3 is 5.97 Å². The Balaban J connectivity index is 2.40. The maximum atomic E-state index is 11.7. The zero-order chi connectivity index (χ0) is 10.8. The Hall–Kier alpha value is -1.77. The van der Waals surface area contributed by atoms with Gasteiger partial charge in [-0.15, -0.1) is 0 Å². The molecule has 2 N–H and O–H groups in total. The van der Waals surface area contributed by atoms with Gasteiger partial charge < -0.3 is 10.5 Å². The third-order valence-electron chi connectivity index (χ3n) is 2.47. The molecule has 0 aliphatic heterocycles. The molecule has 0 bridgehead atoms. The lowest BCUT2D eigenvalue weighted by Gasteiger charge is -2.05. The van der Waals surface area contributed by atoms with Crippen LogP contribution in [0.5, 0.6) is 0 Å². The summed E-state index contributed by atoms with van der Waals surface area (Å²) in [6.07, 6.45) is 0.643. The zero-order valence-electron chi connectivity index (χ0n) is 8.62. The summed E-state index contributed by atoms with van der Waals surface area (Å²) < 4.78 is 4.98. The van der Waals surface area contributed by atoms with E-state index in [2.05, 4.69) is 0 Å². The van der Waals surface area contributed by atoms with Crippen LogP contribution in [0.4, 0.5) is 0 Å². The molecule has 0 amide bonds. The van der Waals surface area contributed by atoms with Gasteiger partial charge in [0.1, 0.15) is 0 Å². The lowest BCUT2D eigenvalue weighted by Crippen LogP contribution is -2.10. The zero-order valence-corrected chi connectivity index (χ0v) is 8.62. The molecule has 0 saturated heterocycles. The standard InChI is InChI=1S/C12H13NO2/c1-2-15-12(14)11-9-6-4-3-5-8(9)7-10(11)13/h3-6H,2,7,13H2,1H3. The number of allylic oxidation sites excluding steroid dienone is 1. The predicted octanol–water partition coefficient (Wildman–Crippen LogP) is 1.48.